The Morgan fingerprint density at radius 1 is 1.32 bits per heavy atom. The summed E-state index contributed by atoms with van der Waals surface area (Å²) in [5.74, 6) is -0.945. The highest BCUT2D eigenvalue weighted by atomic mass is 35.5. The van der Waals surface area contributed by atoms with E-state index in [1.54, 1.807) is 0 Å². The number of pyridine rings is 1. The number of halogens is 3. The monoisotopic (exact) mass is 532 g/mol. The predicted molar refractivity (Wildman–Crippen MR) is 125 cm³/mol. The molecule has 0 aliphatic carbocycles. The summed E-state index contributed by atoms with van der Waals surface area (Å²) in [6, 6.07) is 2.70. The Morgan fingerprint density at radius 3 is 2.82 bits per heavy atom. The zero-order valence-corrected chi connectivity index (χ0v) is 20.6. The van der Waals surface area contributed by atoms with Crippen molar-refractivity contribution in [1.82, 2.24) is 14.6 Å². The molecule has 1 aromatic heterocycles. The Balaban J connectivity index is 1.38. The number of carbonyl (C=O) groups is 1. The van der Waals surface area contributed by atoms with E-state index in [1.165, 1.54) is 30.8 Å². The van der Waals surface area contributed by atoms with Crippen LogP contribution in [0.3, 0.4) is 0 Å². The van der Waals surface area contributed by atoms with Crippen LogP contribution in [-0.2, 0) is 19.6 Å². The van der Waals surface area contributed by atoms with Crippen LogP contribution in [0.4, 0.5) is 4.39 Å². The summed E-state index contributed by atoms with van der Waals surface area (Å²) in [6.07, 6.45) is 4.68. The summed E-state index contributed by atoms with van der Waals surface area (Å²) < 4.78 is 48.0. The van der Waals surface area contributed by atoms with E-state index in [1.807, 2.05) is 0 Å². The van der Waals surface area contributed by atoms with Gasteiger partial charge in [0.1, 0.15) is 12.4 Å². The van der Waals surface area contributed by atoms with Crippen LogP contribution in [-0.4, -0.2) is 79.7 Å². The highest BCUT2D eigenvalue weighted by Crippen LogP contribution is 2.25. The smallest absolute Gasteiger partial charge is 0.382 e. The van der Waals surface area contributed by atoms with Crippen LogP contribution in [0.15, 0.2) is 39.2 Å². The van der Waals surface area contributed by atoms with Gasteiger partial charge in [-0.25, -0.2) is 22.6 Å². The minimum Gasteiger partial charge on any atom is -0.382 e. The first-order valence-corrected chi connectivity index (χ1v) is 13.1. The van der Waals surface area contributed by atoms with Gasteiger partial charge in [0.05, 0.1) is 23.2 Å². The second-order valence-electron chi connectivity index (χ2n) is 8.38. The zero-order chi connectivity index (χ0) is 24.3. The van der Waals surface area contributed by atoms with E-state index in [4.69, 9.17) is 27.9 Å². The molecule has 0 spiro atoms. The molecule has 34 heavy (non-hydrogen) atoms. The molecule has 2 saturated heterocycles. The Morgan fingerprint density at radius 2 is 2.15 bits per heavy atom. The van der Waals surface area contributed by atoms with Gasteiger partial charge >= 0.3 is 5.91 Å². The highest BCUT2D eigenvalue weighted by molar-refractivity contribution is 7.89. The molecule has 0 aromatic carbocycles. The first-order valence-electron chi connectivity index (χ1n) is 11.0. The summed E-state index contributed by atoms with van der Waals surface area (Å²) >= 11 is 12.0. The number of nitrogens with zero attached hydrogens (tertiary/aromatic N) is 4. The minimum absolute atomic E-state index is 0.0350. The average Bonchev–Trinajstić information content (AvgIpc) is 2.83. The lowest BCUT2D eigenvalue weighted by molar-refractivity contribution is -0.447. The van der Waals surface area contributed by atoms with Gasteiger partial charge in [0.15, 0.2) is 16.3 Å². The number of hydrogen-bond acceptors (Lipinski definition) is 7. The minimum atomic E-state index is -3.96. The Labute approximate surface area is 207 Å². The maximum absolute atomic E-state index is 15.0. The third-order valence-corrected chi connectivity index (χ3v) is 8.34. The summed E-state index contributed by atoms with van der Waals surface area (Å²) in [6.45, 7) is 1.74. The molecule has 0 saturated carbocycles. The highest BCUT2D eigenvalue weighted by Gasteiger charge is 2.39. The van der Waals surface area contributed by atoms with Crippen molar-refractivity contribution in [3.05, 3.63) is 34.1 Å². The summed E-state index contributed by atoms with van der Waals surface area (Å²) in [7, 11) is -3.96. The number of aromatic nitrogens is 1. The van der Waals surface area contributed by atoms with E-state index in [-0.39, 0.29) is 29.6 Å². The quantitative estimate of drug-likeness (QED) is 0.563. The summed E-state index contributed by atoms with van der Waals surface area (Å²) in [5, 5.41) is 7.32. The molecule has 0 radical (unpaired) electrons. The Kier molecular flexibility index (Phi) is 7.98. The zero-order valence-electron chi connectivity index (χ0n) is 18.2. The predicted octanol–water partition coefficient (Wildman–Crippen LogP) is 2.16. The van der Waals surface area contributed by atoms with Crippen molar-refractivity contribution in [3.8, 4) is 0 Å². The second kappa shape index (κ2) is 10.8. The van der Waals surface area contributed by atoms with Crippen molar-refractivity contribution in [3.63, 3.8) is 0 Å². The first kappa shape index (κ1) is 25.2. The molecule has 1 amide bonds. The molecule has 13 heteroatoms. The number of hydrazone groups is 1. The lowest BCUT2D eigenvalue weighted by atomic mass is 9.97. The van der Waals surface area contributed by atoms with Crippen molar-refractivity contribution in [2.45, 2.75) is 30.5 Å². The van der Waals surface area contributed by atoms with Crippen molar-refractivity contribution in [1.29, 1.82) is 0 Å². The third kappa shape index (κ3) is 5.65. The van der Waals surface area contributed by atoms with Crippen molar-refractivity contribution >= 4 is 51.6 Å². The van der Waals surface area contributed by atoms with Gasteiger partial charge in [0.25, 0.3) is 10.0 Å². The van der Waals surface area contributed by atoms with E-state index in [0.29, 0.717) is 29.8 Å². The SMILES string of the molecule is O=C1C(Cl)=C(NC[C@@H]2CCCOC2)C=N/[N+]1=C\C1CCN(S(=O)(=O)c2ccc(Cl)cn2)C[C@H]1F. The number of nitrogens with one attached hydrogen (secondary N) is 1. The molecule has 3 aliphatic heterocycles. The Bertz CT molecular complexity index is 1120. The second-order valence-corrected chi connectivity index (χ2v) is 11.1. The van der Waals surface area contributed by atoms with E-state index in [0.717, 1.165) is 28.4 Å². The van der Waals surface area contributed by atoms with Gasteiger partial charge in [0, 0.05) is 37.5 Å². The van der Waals surface area contributed by atoms with Crippen LogP contribution >= 0.6 is 23.2 Å². The largest absolute Gasteiger partial charge is 0.462 e. The van der Waals surface area contributed by atoms with E-state index in [9.17, 15) is 17.6 Å². The van der Waals surface area contributed by atoms with Gasteiger partial charge < -0.3 is 10.1 Å². The van der Waals surface area contributed by atoms with E-state index in [2.05, 4.69) is 15.4 Å². The molecule has 1 N–H and O–H groups in total. The molecule has 0 bridgehead atoms. The molecule has 3 aliphatic rings. The molecule has 4 heterocycles. The molecule has 4 rings (SSSR count). The van der Waals surface area contributed by atoms with Crippen molar-refractivity contribution in [2.24, 2.45) is 16.9 Å². The van der Waals surface area contributed by atoms with E-state index < -0.39 is 28.0 Å². The van der Waals surface area contributed by atoms with Crippen LogP contribution in [0, 0.1) is 11.8 Å². The van der Waals surface area contributed by atoms with Crippen molar-refractivity contribution in [2.75, 3.05) is 32.8 Å². The van der Waals surface area contributed by atoms with E-state index >= 15 is 0 Å². The standard InChI is InChI=1S/C21H24Cl2FN5O4S/c22-16-3-4-19(26-9-16)34(31,32)28-6-5-15(17(24)12-28)11-29-21(30)20(23)18(10-27-29)25-8-14-2-1-7-33-13-14/h3-4,9-11,14-15,17H,1-2,5-8,12-13H2/p+1/b29-11-/t14-,15?,17+/m0/s1. The van der Waals surface area contributed by atoms with Gasteiger partial charge in [-0.3, -0.25) is 0 Å². The lowest BCUT2D eigenvalue weighted by Crippen LogP contribution is -2.46. The fraction of sp³-hybridized carbons (Fsp3) is 0.524. The van der Waals surface area contributed by atoms with Crippen LogP contribution in [0.25, 0.3) is 0 Å². The molecule has 1 unspecified atom stereocenters. The lowest BCUT2D eigenvalue weighted by Gasteiger charge is -2.30. The molecule has 184 valence electrons. The topological polar surface area (TPSA) is 104 Å². The first-order chi connectivity index (χ1) is 16.3. The molecule has 3 atom stereocenters. The van der Waals surface area contributed by atoms with Gasteiger partial charge in [-0.1, -0.05) is 23.2 Å². The summed E-state index contributed by atoms with van der Waals surface area (Å²) in [5.41, 5.74) is 0.412. The number of sulfonamides is 1. The molecule has 2 fully saturated rings. The molecule has 9 nitrogen and oxygen atoms in total. The van der Waals surface area contributed by atoms with Gasteiger partial charge in [-0.15, -0.1) is 0 Å². The maximum atomic E-state index is 15.0. The Hall–Kier alpha value is -1.92. The molecule has 1 aromatic rings. The third-order valence-electron chi connectivity index (χ3n) is 5.97. The number of ether oxygens (including phenoxy) is 1. The van der Waals surface area contributed by atoms with Crippen LogP contribution < -0.4 is 5.32 Å². The normalized spacial score (nSPS) is 27.9. The fourth-order valence-electron chi connectivity index (χ4n) is 4.01. The van der Waals surface area contributed by atoms with Crippen LogP contribution in [0.5, 0.6) is 0 Å². The van der Waals surface area contributed by atoms with Crippen LogP contribution in [0.1, 0.15) is 19.3 Å². The number of allylic oxidation sites excluding steroid dienone is 1. The number of carbonyl (C=O) groups excluding carboxylic acids is 1. The van der Waals surface area contributed by atoms with Gasteiger partial charge in [-0.2, -0.15) is 4.31 Å². The molecular weight excluding hydrogens is 508 g/mol. The number of amides is 1. The average molecular weight is 533 g/mol. The fourth-order valence-corrected chi connectivity index (χ4v) is 5.70. The van der Waals surface area contributed by atoms with Gasteiger partial charge in [-0.05, 0) is 42.0 Å². The number of hydrogen-bond donors (Lipinski definition) is 1. The maximum Gasteiger partial charge on any atom is 0.462 e. The van der Waals surface area contributed by atoms with Gasteiger partial charge in [0.2, 0.25) is 0 Å². The molecular formula is C21H25Cl2FN5O4S+. The summed E-state index contributed by atoms with van der Waals surface area (Å²) in [4.78, 5) is 16.5. The van der Waals surface area contributed by atoms with Crippen molar-refractivity contribution < 1.29 is 27.0 Å². The number of rotatable bonds is 6. The van der Waals surface area contributed by atoms with Crippen LogP contribution in [0.2, 0.25) is 5.02 Å². The number of alkyl halides is 1. The number of piperidine rings is 1.